The van der Waals surface area contributed by atoms with Crippen molar-refractivity contribution in [3.63, 3.8) is 0 Å². The summed E-state index contributed by atoms with van der Waals surface area (Å²) >= 11 is 0. The largest absolute Gasteiger partial charge is 0.315 e. The van der Waals surface area contributed by atoms with Crippen molar-refractivity contribution in [2.45, 2.75) is 5.03 Å². The lowest BCUT2D eigenvalue weighted by Crippen LogP contribution is -2.05. The second-order valence-electron chi connectivity index (χ2n) is 3.35. The van der Waals surface area contributed by atoms with Gasteiger partial charge in [0, 0.05) is 0 Å². The van der Waals surface area contributed by atoms with E-state index >= 15 is 0 Å². The van der Waals surface area contributed by atoms with Crippen LogP contribution >= 0.6 is 0 Å². The van der Waals surface area contributed by atoms with Crippen LogP contribution in [0.2, 0.25) is 0 Å². The minimum absolute atomic E-state index is 1.32. The molecule has 1 aromatic carbocycles. The molecule has 2 rings (SSSR count). The van der Waals surface area contributed by atoms with Gasteiger partial charge in [0.05, 0.1) is 5.39 Å². The van der Waals surface area contributed by atoms with Gasteiger partial charge >= 0.3 is 10.1 Å². The molecule has 0 saturated heterocycles. The average Bonchev–Trinajstić information content (AvgIpc) is 2.55. The Labute approximate surface area is 100 Å². The number of hydrogen-bond acceptors (Lipinski definition) is 2. The summed E-state index contributed by atoms with van der Waals surface area (Å²) < 4.78 is 109. The average molecular weight is 305 g/mol. The molecule has 0 aliphatic rings. The predicted molar refractivity (Wildman–Crippen MR) is 48.0 cm³/mol. The summed E-state index contributed by atoms with van der Waals surface area (Å²) in [7, 11) is -5.55. The fourth-order valence-corrected chi connectivity index (χ4v) is 2.14. The van der Waals surface area contributed by atoms with E-state index in [1.54, 1.807) is 0 Å². The van der Waals surface area contributed by atoms with E-state index in [1.165, 1.54) is 0 Å². The zero-order chi connectivity index (χ0) is 14.7. The van der Waals surface area contributed by atoms with Crippen LogP contribution in [0.1, 0.15) is 0 Å². The molecule has 0 aliphatic carbocycles. The molecule has 0 bridgehead atoms. The summed E-state index contributed by atoms with van der Waals surface area (Å²) in [6, 6.07) is 0. The molecule has 0 aliphatic heterocycles. The van der Waals surface area contributed by atoms with E-state index in [-0.39, 0.29) is 0 Å². The lowest BCUT2D eigenvalue weighted by Gasteiger charge is -2.00. The van der Waals surface area contributed by atoms with Gasteiger partial charge in [0.15, 0.2) is 29.1 Å². The Morgan fingerprint density at radius 2 is 1.32 bits per heavy atom. The van der Waals surface area contributed by atoms with Gasteiger partial charge in [0.25, 0.3) is 0 Å². The van der Waals surface area contributed by atoms with Crippen LogP contribution in [0.15, 0.2) is 5.03 Å². The molecule has 19 heavy (non-hydrogen) atoms. The molecular weight excluding hydrogens is 304 g/mol. The fraction of sp³-hybridized carbons (Fsp3) is 0. The van der Waals surface area contributed by atoms with E-state index in [0.717, 1.165) is 0 Å². The second-order valence-corrected chi connectivity index (χ2v) is 4.69. The molecule has 0 saturated carbocycles. The van der Waals surface area contributed by atoms with E-state index in [2.05, 4.69) is 0 Å². The SMILES string of the molecule is O=S(=O)(O)c1c(F)c2c(F)c(F)c(F)c(F)c2n1F. The highest BCUT2D eigenvalue weighted by Crippen LogP contribution is 2.34. The maximum atomic E-state index is 13.4. The molecule has 0 radical (unpaired) electrons. The molecule has 0 unspecified atom stereocenters. The van der Waals surface area contributed by atoms with Gasteiger partial charge in [-0.1, -0.05) is 4.48 Å². The maximum absolute atomic E-state index is 13.4. The molecule has 0 amide bonds. The molecule has 0 spiro atoms. The van der Waals surface area contributed by atoms with Gasteiger partial charge in [-0.25, -0.2) is 22.0 Å². The summed E-state index contributed by atoms with van der Waals surface area (Å²) in [6.45, 7) is 0. The van der Waals surface area contributed by atoms with Gasteiger partial charge in [-0.05, 0) is 0 Å². The zero-order valence-electron chi connectivity index (χ0n) is 8.39. The number of fused-ring (bicyclic) bond motifs is 1. The first-order valence-corrected chi connectivity index (χ1v) is 5.72. The van der Waals surface area contributed by atoms with E-state index in [1.807, 2.05) is 0 Å². The van der Waals surface area contributed by atoms with Crippen molar-refractivity contribution in [2.75, 3.05) is 0 Å². The van der Waals surface area contributed by atoms with Gasteiger partial charge in [0.2, 0.25) is 5.03 Å². The smallest absolute Gasteiger partial charge is 0.281 e. The van der Waals surface area contributed by atoms with Gasteiger partial charge in [-0.3, -0.25) is 4.55 Å². The molecule has 0 fully saturated rings. The first kappa shape index (κ1) is 13.7. The van der Waals surface area contributed by atoms with Crippen molar-refractivity contribution in [2.24, 2.45) is 0 Å². The first-order valence-electron chi connectivity index (χ1n) is 4.28. The highest BCUT2D eigenvalue weighted by atomic mass is 32.2. The van der Waals surface area contributed by atoms with Gasteiger partial charge in [0.1, 0.15) is 5.52 Å². The van der Waals surface area contributed by atoms with E-state index in [4.69, 9.17) is 4.55 Å². The number of rotatable bonds is 1. The zero-order valence-corrected chi connectivity index (χ0v) is 9.20. The Kier molecular flexibility index (Phi) is 2.79. The summed E-state index contributed by atoms with van der Waals surface area (Å²) in [5, 5.41) is -3.93. The molecular formula is C8HF6NO3S. The summed E-state index contributed by atoms with van der Waals surface area (Å²) in [4.78, 5) is -1.32. The normalized spacial score (nSPS) is 12.4. The van der Waals surface area contributed by atoms with Crippen molar-refractivity contribution in [1.29, 1.82) is 0 Å². The van der Waals surface area contributed by atoms with Crippen molar-refractivity contribution >= 4 is 21.0 Å². The Morgan fingerprint density at radius 3 is 1.79 bits per heavy atom. The topological polar surface area (TPSA) is 59.3 Å². The van der Waals surface area contributed by atoms with Crippen LogP contribution in [0.5, 0.6) is 0 Å². The van der Waals surface area contributed by atoms with E-state index in [0.29, 0.717) is 0 Å². The molecule has 0 atom stereocenters. The third kappa shape index (κ3) is 1.69. The summed E-state index contributed by atoms with van der Waals surface area (Å²) in [6.07, 6.45) is 0. The fourth-order valence-electron chi connectivity index (χ4n) is 1.51. The number of benzene rings is 1. The molecule has 104 valence electrons. The molecule has 1 heterocycles. The number of nitrogens with zero attached hydrogens (tertiary/aromatic N) is 1. The van der Waals surface area contributed by atoms with Crippen LogP contribution in [0.3, 0.4) is 0 Å². The molecule has 1 N–H and O–H groups in total. The first-order chi connectivity index (χ1) is 8.59. The number of halogens is 6. The Hall–Kier alpha value is -1.75. The van der Waals surface area contributed by atoms with E-state index in [9.17, 15) is 34.9 Å². The minimum Gasteiger partial charge on any atom is -0.281 e. The number of hydrogen-bond donors (Lipinski definition) is 1. The van der Waals surface area contributed by atoms with Crippen molar-refractivity contribution in [1.82, 2.24) is 4.79 Å². The highest BCUT2D eigenvalue weighted by Gasteiger charge is 2.34. The van der Waals surface area contributed by atoms with E-state index < -0.39 is 59.9 Å². The van der Waals surface area contributed by atoms with Crippen LogP contribution in [-0.4, -0.2) is 17.8 Å². The standard InChI is InChI=1S/C8HF6NO3S/c9-2-1-3(10)8(19(16,17)18)15(14)7(1)6(13)5(12)4(2)11/h(H,16,17,18). The van der Waals surface area contributed by atoms with Crippen LogP contribution in [0.4, 0.5) is 26.4 Å². The van der Waals surface area contributed by atoms with Gasteiger partial charge < -0.3 is 0 Å². The molecule has 11 heteroatoms. The van der Waals surface area contributed by atoms with Crippen molar-refractivity contribution in [3.05, 3.63) is 29.1 Å². The van der Waals surface area contributed by atoms with Gasteiger partial charge in [-0.2, -0.15) is 13.2 Å². The van der Waals surface area contributed by atoms with Crippen LogP contribution < -0.4 is 0 Å². The van der Waals surface area contributed by atoms with Crippen LogP contribution in [0, 0.1) is 29.1 Å². The lowest BCUT2D eigenvalue weighted by molar-refractivity contribution is 0.322. The van der Waals surface area contributed by atoms with Crippen LogP contribution in [-0.2, 0) is 10.1 Å². The Balaban J connectivity index is 3.19. The molecule has 1 aromatic heterocycles. The molecule has 2 aromatic rings. The lowest BCUT2D eigenvalue weighted by atomic mass is 10.2. The Bertz CT molecular complexity index is 761. The molecule has 4 nitrogen and oxygen atoms in total. The predicted octanol–water partition coefficient (Wildman–Crippen LogP) is 2.32. The van der Waals surface area contributed by atoms with Crippen molar-refractivity contribution in [3.8, 4) is 0 Å². The monoisotopic (exact) mass is 305 g/mol. The number of aromatic nitrogens is 1. The summed E-state index contributed by atoms with van der Waals surface area (Å²) in [5.74, 6) is -11.9. The van der Waals surface area contributed by atoms with Crippen molar-refractivity contribution < 1.29 is 39.4 Å². The van der Waals surface area contributed by atoms with Gasteiger partial charge in [-0.15, -0.1) is 0 Å². The third-order valence-corrected chi connectivity index (χ3v) is 3.10. The summed E-state index contributed by atoms with van der Waals surface area (Å²) in [5.41, 5.74) is -1.82. The second kappa shape index (κ2) is 3.87. The highest BCUT2D eigenvalue weighted by molar-refractivity contribution is 7.85. The minimum atomic E-state index is -5.55. The Morgan fingerprint density at radius 1 is 0.842 bits per heavy atom. The quantitative estimate of drug-likeness (QED) is 0.381. The maximum Gasteiger partial charge on any atom is 0.315 e. The third-order valence-electron chi connectivity index (χ3n) is 2.27. The van der Waals surface area contributed by atoms with Crippen LogP contribution in [0.25, 0.3) is 10.9 Å².